The number of imidazole rings is 1. The first kappa shape index (κ1) is 31.3. The van der Waals surface area contributed by atoms with Crippen LogP contribution in [0.4, 0.5) is 0 Å². The van der Waals surface area contributed by atoms with E-state index in [-0.39, 0.29) is 12.5 Å². The number of methoxy groups -OCH3 is 1. The van der Waals surface area contributed by atoms with Crippen molar-refractivity contribution in [1.29, 1.82) is 5.26 Å². The number of rotatable bonds is 10. The molecule has 4 aromatic rings. The van der Waals surface area contributed by atoms with Gasteiger partial charge in [-0.2, -0.15) is 5.26 Å². The van der Waals surface area contributed by atoms with E-state index in [9.17, 15) is 13.8 Å². The second-order valence-electron chi connectivity index (χ2n) is 10.3. The standard InChI is InChI=1S/C32H30ClN5O4S2/c1-42-32(40)29(15-21-9-11-24(33)12-10-21)37-31(39)27-4-2-3-26-28(13-14-44(43-41)30(26)27)36-18-25-17-35-20-38(25)19-23-7-5-22(16-34)6-8-23/h2-12,17,20,28-29,36H,13-15,18-19H2,1H3,(H,37,39)/t28?,29-,44?/m0/s1. The predicted octanol–water partition coefficient (Wildman–Crippen LogP) is 4.31. The van der Waals surface area contributed by atoms with E-state index in [4.69, 9.17) is 21.6 Å². The van der Waals surface area contributed by atoms with Crippen molar-refractivity contribution in [3.8, 4) is 6.07 Å². The van der Waals surface area contributed by atoms with E-state index in [2.05, 4.69) is 21.7 Å². The highest BCUT2D eigenvalue weighted by atomic mass is 35.5. The molecule has 9 nitrogen and oxygen atoms in total. The van der Waals surface area contributed by atoms with Gasteiger partial charge < -0.3 is 19.9 Å². The largest absolute Gasteiger partial charge is 0.467 e. The molecule has 1 aromatic heterocycles. The van der Waals surface area contributed by atoms with Crippen LogP contribution in [0.2, 0.25) is 5.02 Å². The third-order valence-electron chi connectivity index (χ3n) is 7.48. The van der Waals surface area contributed by atoms with Crippen LogP contribution in [0, 0.1) is 11.3 Å². The molecule has 0 saturated heterocycles. The van der Waals surface area contributed by atoms with Crippen LogP contribution < -0.4 is 10.6 Å². The minimum atomic E-state index is -0.917. The second-order valence-corrected chi connectivity index (χ2v) is 14.0. The number of nitriles is 1. The Morgan fingerprint density at radius 2 is 1.91 bits per heavy atom. The van der Waals surface area contributed by atoms with E-state index in [1.165, 1.54) is 7.11 Å². The SMILES string of the molecule is COC(=O)[C@H](Cc1ccc(Cl)cc1)NC(=O)c1cccc2c1S(=S=O)CCC2NCc1cncn1Cc1ccc(C#N)cc1. The van der Waals surface area contributed by atoms with Crippen LogP contribution in [-0.4, -0.2) is 44.5 Å². The lowest BCUT2D eigenvalue weighted by Crippen LogP contribution is -2.43. The normalized spacial score (nSPS) is 16.3. The molecule has 226 valence electrons. The van der Waals surface area contributed by atoms with Crippen molar-refractivity contribution < 1.29 is 18.5 Å². The van der Waals surface area contributed by atoms with Crippen molar-refractivity contribution in [3.63, 3.8) is 0 Å². The lowest BCUT2D eigenvalue weighted by molar-refractivity contribution is -0.142. The van der Waals surface area contributed by atoms with E-state index < -0.39 is 27.4 Å². The van der Waals surface area contributed by atoms with Crippen molar-refractivity contribution in [3.05, 3.63) is 118 Å². The second kappa shape index (κ2) is 14.6. The molecular weight excluding hydrogens is 618 g/mol. The van der Waals surface area contributed by atoms with Gasteiger partial charge >= 0.3 is 5.97 Å². The van der Waals surface area contributed by atoms with Gasteiger partial charge in [-0.1, -0.05) is 57.5 Å². The molecular formula is C32H30ClN5O4S2. The number of fused-ring (bicyclic) bond motifs is 1. The van der Waals surface area contributed by atoms with E-state index in [1.807, 2.05) is 35.0 Å². The van der Waals surface area contributed by atoms with Gasteiger partial charge in [0.1, 0.15) is 16.3 Å². The van der Waals surface area contributed by atoms with Crippen molar-refractivity contribution in [2.24, 2.45) is 0 Å². The van der Waals surface area contributed by atoms with Gasteiger partial charge in [0.2, 0.25) is 0 Å². The molecule has 2 N–H and O–H groups in total. The number of hydrogen-bond donors (Lipinski definition) is 2. The average Bonchev–Trinajstić information content (AvgIpc) is 3.50. The molecule has 5 rings (SSSR count). The Balaban J connectivity index is 1.34. The zero-order valence-corrected chi connectivity index (χ0v) is 26.3. The minimum absolute atomic E-state index is 0.0858. The first-order valence-electron chi connectivity index (χ1n) is 13.9. The average molecular weight is 648 g/mol. The zero-order valence-electron chi connectivity index (χ0n) is 23.9. The molecule has 12 heteroatoms. The van der Waals surface area contributed by atoms with Crippen molar-refractivity contribution in [1.82, 2.24) is 20.2 Å². The third-order valence-corrected chi connectivity index (χ3v) is 10.9. The highest BCUT2D eigenvalue weighted by Crippen LogP contribution is 2.33. The molecule has 2 heterocycles. The van der Waals surface area contributed by atoms with E-state index in [0.717, 1.165) is 33.7 Å². The summed E-state index contributed by atoms with van der Waals surface area (Å²) in [5.74, 6) is -0.370. The van der Waals surface area contributed by atoms with Gasteiger partial charge in [0.25, 0.3) is 5.91 Å². The molecule has 44 heavy (non-hydrogen) atoms. The third kappa shape index (κ3) is 7.34. The summed E-state index contributed by atoms with van der Waals surface area (Å²) in [5.41, 5.74) is 4.76. The smallest absolute Gasteiger partial charge is 0.328 e. The van der Waals surface area contributed by atoms with Gasteiger partial charge in [0.15, 0.2) is 0 Å². The lowest BCUT2D eigenvalue weighted by atomic mass is 9.99. The summed E-state index contributed by atoms with van der Waals surface area (Å²) in [6.07, 6.45) is 4.56. The first-order valence-corrected chi connectivity index (χ1v) is 16.9. The van der Waals surface area contributed by atoms with Crippen molar-refractivity contribution >= 4 is 43.2 Å². The molecule has 0 fully saturated rings. The number of amides is 1. The Kier molecular flexibility index (Phi) is 10.4. The number of carbonyl (C=O) groups is 2. The molecule has 0 radical (unpaired) electrons. The number of nitrogens with one attached hydrogen (secondary N) is 2. The van der Waals surface area contributed by atoms with Crippen LogP contribution >= 0.6 is 11.6 Å². The number of hydrogen-bond acceptors (Lipinski definition) is 7. The molecule has 1 aliphatic heterocycles. The fraction of sp³-hybridized carbons (Fsp3) is 0.250. The highest BCUT2D eigenvalue weighted by molar-refractivity contribution is 8.31. The van der Waals surface area contributed by atoms with Crippen LogP contribution in [-0.2, 0) is 48.7 Å². The number of ether oxygens (including phenoxy) is 1. The number of aromatic nitrogens is 2. The maximum Gasteiger partial charge on any atom is 0.328 e. The van der Waals surface area contributed by atoms with Crippen LogP contribution in [0.15, 0.2) is 84.1 Å². The quantitative estimate of drug-likeness (QED) is 0.246. The Labute approximate surface area is 265 Å². The van der Waals surface area contributed by atoms with Crippen LogP contribution in [0.3, 0.4) is 0 Å². The van der Waals surface area contributed by atoms with Gasteiger partial charge in [-0.25, -0.2) is 14.0 Å². The van der Waals surface area contributed by atoms with Crippen molar-refractivity contribution in [2.75, 3.05) is 12.9 Å². The molecule has 3 atom stereocenters. The number of benzene rings is 3. The maximum atomic E-state index is 13.7. The molecule has 0 bridgehead atoms. The molecule has 0 spiro atoms. The van der Waals surface area contributed by atoms with E-state index in [0.29, 0.717) is 45.2 Å². The summed E-state index contributed by atoms with van der Waals surface area (Å²) < 4.78 is 19.3. The fourth-order valence-corrected chi connectivity index (χ4v) is 8.25. The number of esters is 1. The number of carbonyl (C=O) groups excluding carboxylic acids is 2. The van der Waals surface area contributed by atoms with Crippen LogP contribution in [0.1, 0.15) is 50.8 Å². The molecule has 3 aromatic carbocycles. The van der Waals surface area contributed by atoms with Gasteiger partial charge in [0.05, 0.1) is 36.3 Å². The summed E-state index contributed by atoms with van der Waals surface area (Å²) >= 11 is 6.00. The maximum absolute atomic E-state index is 13.7. The fourth-order valence-electron chi connectivity index (χ4n) is 5.20. The lowest BCUT2D eigenvalue weighted by Gasteiger charge is -2.29. The minimum Gasteiger partial charge on any atom is -0.467 e. The molecule has 2 unspecified atom stereocenters. The Morgan fingerprint density at radius 3 is 2.61 bits per heavy atom. The van der Waals surface area contributed by atoms with Gasteiger partial charge in [-0.15, -0.1) is 0 Å². The monoisotopic (exact) mass is 647 g/mol. The van der Waals surface area contributed by atoms with Gasteiger partial charge in [-0.3, -0.25) is 4.79 Å². The Morgan fingerprint density at radius 1 is 1.16 bits per heavy atom. The Hall–Kier alpha value is -4.08. The number of nitrogens with zero attached hydrogens (tertiary/aromatic N) is 3. The summed E-state index contributed by atoms with van der Waals surface area (Å²) in [6.45, 7) is 1.14. The van der Waals surface area contributed by atoms with Gasteiger partial charge in [0, 0.05) is 47.4 Å². The van der Waals surface area contributed by atoms with Crippen LogP contribution in [0.5, 0.6) is 0 Å². The number of halogens is 1. The zero-order chi connectivity index (χ0) is 31.1. The van der Waals surface area contributed by atoms with Crippen molar-refractivity contribution in [2.45, 2.75) is 42.9 Å². The summed E-state index contributed by atoms with van der Waals surface area (Å²) in [4.78, 5) is 31.4. The van der Waals surface area contributed by atoms with E-state index >= 15 is 0 Å². The van der Waals surface area contributed by atoms with Gasteiger partial charge in [-0.05, 0) is 53.4 Å². The predicted molar refractivity (Wildman–Crippen MR) is 170 cm³/mol. The summed E-state index contributed by atoms with van der Waals surface area (Å²) in [5, 5.41) is 16.1. The molecule has 1 amide bonds. The summed E-state index contributed by atoms with van der Waals surface area (Å²) in [6, 6.07) is 21.1. The highest BCUT2D eigenvalue weighted by Gasteiger charge is 2.30. The summed E-state index contributed by atoms with van der Waals surface area (Å²) in [7, 11) is 1.06. The first-order chi connectivity index (χ1) is 21.4. The molecule has 0 aliphatic carbocycles. The molecule has 1 aliphatic rings. The van der Waals surface area contributed by atoms with E-state index in [1.54, 1.807) is 48.8 Å². The Bertz CT molecular complexity index is 1760. The molecule has 0 saturated carbocycles. The topological polar surface area (TPSA) is 126 Å². The van der Waals surface area contributed by atoms with Crippen LogP contribution in [0.25, 0.3) is 0 Å².